The summed E-state index contributed by atoms with van der Waals surface area (Å²) in [6.45, 7) is 6.38. The Morgan fingerprint density at radius 1 is 1.13 bits per heavy atom. The number of amides is 1. The predicted molar refractivity (Wildman–Crippen MR) is 117 cm³/mol. The third kappa shape index (κ3) is 4.17. The number of halogens is 3. The van der Waals surface area contributed by atoms with Gasteiger partial charge in [-0.25, -0.2) is 24.1 Å². The summed E-state index contributed by atoms with van der Waals surface area (Å²) >= 11 is 12.1. The van der Waals surface area contributed by atoms with Crippen LogP contribution in [0.5, 0.6) is 0 Å². The molecular weight excluding hydrogens is 468 g/mol. The van der Waals surface area contributed by atoms with Crippen molar-refractivity contribution in [2.45, 2.75) is 56.5 Å². The number of carbonyl (C=O) groups is 1. The van der Waals surface area contributed by atoms with Gasteiger partial charge in [0.25, 0.3) is 0 Å². The molecular formula is C19H22Cl2FN5O3S. The smallest absolute Gasteiger partial charge is 0.410 e. The topological polar surface area (TPSA) is 88.5 Å². The van der Waals surface area contributed by atoms with Crippen LogP contribution in [0.3, 0.4) is 0 Å². The van der Waals surface area contributed by atoms with E-state index >= 15 is 0 Å². The minimum absolute atomic E-state index is 0.0262. The largest absolute Gasteiger partial charge is 0.444 e. The van der Waals surface area contributed by atoms with Crippen LogP contribution >= 0.6 is 23.2 Å². The Morgan fingerprint density at radius 3 is 2.29 bits per heavy atom. The van der Waals surface area contributed by atoms with Gasteiger partial charge in [-0.2, -0.15) is 0 Å². The molecule has 31 heavy (non-hydrogen) atoms. The zero-order valence-electron chi connectivity index (χ0n) is 17.5. The maximum Gasteiger partial charge on any atom is 0.410 e. The van der Waals surface area contributed by atoms with E-state index in [2.05, 4.69) is 15.0 Å². The number of aromatic nitrogens is 3. The molecule has 2 aromatic rings. The molecule has 2 bridgehead atoms. The van der Waals surface area contributed by atoms with Gasteiger partial charge in [0.15, 0.2) is 11.0 Å². The second-order valence-electron chi connectivity index (χ2n) is 8.69. The number of pyridine rings is 1. The number of hydrogen-bond donors (Lipinski definition) is 0. The summed E-state index contributed by atoms with van der Waals surface area (Å²) in [4.78, 5) is 28.8. The number of hydrogen-bond acceptors (Lipinski definition) is 7. The van der Waals surface area contributed by atoms with E-state index in [1.54, 1.807) is 4.90 Å². The van der Waals surface area contributed by atoms with Crippen molar-refractivity contribution in [3.63, 3.8) is 0 Å². The van der Waals surface area contributed by atoms with Crippen LogP contribution < -0.4 is 4.90 Å². The Hall–Kier alpha value is -1.78. The third-order valence-electron chi connectivity index (χ3n) is 5.30. The van der Waals surface area contributed by atoms with Crippen LogP contribution in [-0.2, 0) is 15.5 Å². The summed E-state index contributed by atoms with van der Waals surface area (Å²) in [5, 5.41) is -0.263. The molecule has 4 rings (SSSR count). The van der Waals surface area contributed by atoms with Gasteiger partial charge in [0, 0.05) is 19.3 Å². The lowest BCUT2D eigenvalue weighted by atomic mass is 10.1. The van der Waals surface area contributed by atoms with E-state index < -0.39 is 27.4 Å². The van der Waals surface area contributed by atoms with Crippen molar-refractivity contribution in [2.24, 2.45) is 0 Å². The molecule has 2 fully saturated rings. The van der Waals surface area contributed by atoms with E-state index in [-0.39, 0.29) is 39.4 Å². The van der Waals surface area contributed by atoms with Crippen molar-refractivity contribution in [3.8, 4) is 0 Å². The summed E-state index contributed by atoms with van der Waals surface area (Å²) < 4.78 is 32.4. The molecule has 1 amide bonds. The monoisotopic (exact) mass is 489 g/mol. The van der Waals surface area contributed by atoms with E-state index in [1.165, 1.54) is 6.26 Å². The summed E-state index contributed by atoms with van der Waals surface area (Å²) in [5.41, 5.74) is -0.714. The van der Waals surface area contributed by atoms with Crippen molar-refractivity contribution in [1.82, 2.24) is 19.9 Å². The fourth-order valence-corrected chi connectivity index (χ4v) is 5.02. The molecule has 0 aliphatic carbocycles. The average molecular weight is 490 g/mol. The molecule has 12 heteroatoms. The number of fused-ring (bicyclic) bond motifs is 3. The molecule has 0 spiro atoms. The van der Waals surface area contributed by atoms with E-state index in [4.69, 9.17) is 27.9 Å². The summed E-state index contributed by atoms with van der Waals surface area (Å²) in [5.74, 6) is -0.504. The first-order valence-corrected chi connectivity index (χ1v) is 12.1. The second-order valence-corrected chi connectivity index (χ2v) is 10.7. The Morgan fingerprint density at radius 2 is 1.74 bits per heavy atom. The first-order chi connectivity index (χ1) is 14.5. The molecule has 0 radical (unpaired) electrons. The van der Waals surface area contributed by atoms with Gasteiger partial charge in [-0.15, -0.1) is 0 Å². The van der Waals surface area contributed by atoms with Crippen molar-refractivity contribution >= 4 is 56.8 Å². The fraction of sp³-hybridized carbons (Fsp3) is 0.579. The van der Waals surface area contributed by atoms with Crippen LogP contribution in [-0.4, -0.2) is 67.2 Å². The lowest BCUT2D eigenvalue weighted by molar-refractivity contribution is 0.0123. The van der Waals surface area contributed by atoms with Gasteiger partial charge in [0.1, 0.15) is 22.1 Å². The maximum atomic E-state index is 14.7. The Balaban J connectivity index is 1.75. The molecule has 0 aromatic carbocycles. The van der Waals surface area contributed by atoms with Crippen molar-refractivity contribution in [3.05, 3.63) is 16.1 Å². The lowest BCUT2D eigenvalue weighted by Gasteiger charge is -2.42. The minimum Gasteiger partial charge on any atom is -0.444 e. The molecule has 8 nitrogen and oxygen atoms in total. The van der Waals surface area contributed by atoms with Gasteiger partial charge in [-0.05, 0) is 33.6 Å². The Labute approximate surface area is 191 Å². The van der Waals surface area contributed by atoms with Crippen molar-refractivity contribution < 1.29 is 18.1 Å². The molecule has 0 saturated carbocycles. The third-order valence-corrected chi connectivity index (χ3v) is 6.52. The summed E-state index contributed by atoms with van der Waals surface area (Å²) in [6.07, 6.45) is 2.68. The second kappa shape index (κ2) is 7.97. The average Bonchev–Trinajstić information content (AvgIpc) is 2.94. The highest BCUT2D eigenvalue weighted by Crippen LogP contribution is 2.38. The van der Waals surface area contributed by atoms with Crippen LogP contribution in [0.25, 0.3) is 10.9 Å². The van der Waals surface area contributed by atoms with Gasteiger partial charge in [0.05, 0.1) is 28.3 Å². The SMILES string of the molecule is CS(=O)c1nc(N2CC3CCC(C2)N3C(=O)OC(C)(C)C)c2c(Cl)nc(Cl)c(F)c2n1. The Bertz CT molecular complexity index is 1080. The van der Waals surface area contributed by atoms with Crippen molar-refractivity contribution in [1.29, 1.82) is 0 Å². The highest BCUT2D eigenvalue weighted by Gasteiger charge is 2.45. The van der Waals surface area contributed by atoms with E-state index in [0.29, 0.717) is 18.9 Å². The zero-order chi connectivity index (χ0) is 22.7. The van der Waals surface area contributed by atoms with Gasteiger partial charge in [-0.3, -0.25) is 9.11 Å². The fourth-order valence-electron chi connectivity index (χ4n) is 4.11. The van der Waals surface area contributed by atoms with Gasteiger partial charge >= 0.3 is 6.09 Å². The number of carbonyl (C=O) groups excluding carboxylic acids is 1. The predicted octanol–water partition coefficient (Wildman–Crippen LogP) is 3.80. The number of ether oxygens (including phenoxy) is 1. The van der Waals surface area contributed by atoms with Crippen LogP contribution in [0.4, 0.5) is 15.0 Å². The molecule has 4 heterocycles. The molecule has 2 aliphatic heterocycles. The zero-order valence-corrected chi connectivity index (χ0v) is 19.8. The molecule has 2 saturated heterocycles. The van der Waals surface area contributed by atoms with E-state index in [0.717, 1.165) is 12.8 Å². The molecule has 2 aromatic heterocycles. The maximum absolute atomic E-state index is 14.7. The van der Waals surface area contributed by atoms with Gasteiger partial charge in [-0.1, -0.05) is 23.2 Å². The number of nitrogens with zero attached hydrogens (tertiary/aromatic N) is 5. The Kier molecular flexibility index (Phi) is 5.76. The standard InChI is InChI=1S/C19H22Cl2FN5O3S/c1-19(2,3)30-18(28)27-9-5-6-10(27)8-26(7-9)16-11-13(23-17(25-16)31(4)29)12(22)15(21)24-14(11)20/h9-10H,5-8H2,1-4H3. The molecule has 3 unspecified atom stereocenters. The van der Waals surface area contributed by atoms with Crippen LogP contribution in [0.15, 0.2) is 5.16 Å². The summed E-state index contributed by atoms with van der Waals surface area (Å²) in [7, 11) is -1.56. The first-order valence-electron chi connectivity index (χ1n) is 9.78. The first kappa shape index (κ1) is 22.4. The van der Waals surface area contributed by atoms with Crippen molar-refractivity contribution in [2.75, 3.05) is 24.2 Å². The highest BCUT2D eigenvalue weighted by molar-refractivity contribution is 7.84. The van der Waals surface area contributed by atoms with Gasteiger partial charge < -0.3 is 9.64 Å². The lowest BCUT2D eigenvalue weighted by Crippen LogP contribution is -2.57. The van der Waals surface area contributed by atoms with Crippen LogP contribution in [0.1, 0.15) is 33.6 Å². The molecule has 0 N–H and O–H groups in total. The van der Waals surface area contributed by atoms with Gasteiger partial charge in [0.2, 0.25) is 5.16 Å². The summed E-state index contributed by atoms with van der Waals surface area (Å²) in [6, 6.07) is -0.198. The number of piperazine rings is 1. The number of anilines is 1. The normalized spacial score (nSPS) is 22.2. The molecule has 168 valence electrons. The highest BCUT2D eigenvalue weighted by atomic mass is 35.5. The van der Waals surface area contributed by atoms with Crippen LogP contribution in [0.2, 0.25) is 10.3 Å². The molecule has 2 aliphatic rings. The molecule has 3 atom stereocenters. The van der Waals surface area contributed by atoms with Crippen LogP contribution in [0, 0.1) is 5.82 Å². The van der Waals surface area contributed by atoms with E-state index in [1.807, 2.05) is 25.7 Å². The minimum atomic E-state index is -1.56. The van der Waals surface area contributed by atoms with E-state index in [9.17, 15) is 13.4 Å². The quantitative estimate of drug-likeness (QED) is 0.468. The number of rotatable bonds is 2.